The number of rotatable bonds is 4. The van der Waals surface area contributed by atoms with Gasteiger partial charge in [0.1, 0.15) is 5.78 Å². The van der Waals surface area contributed by atoms with Gasteiger partial charge in [-0.25, -0.2) is 0 Å². The van der Waals surface area contributed by atoms with Gasteiger partial charge >= 0.3 is 0 Å². The van der Waals surface area contributed by atoms with Crippen LogP contribution >= 0.6 is 0 Å². The number of likely N-dealkylation sites (tertiary alicyclic amines) is 1. The van der Waals surface area contributed by atoms with E-state index in [0.717, 1.165) is 25.9 Å². The van der Waals surface area contributed by atoms with Crippen LogP contribution in [0.2, 0.25) is 0 Å². The second-order valence-corrected chi connectivity index (χ2v) is 8.46. The molecule has 3 aliphatic rings. The number of hydrogen-bond acceptors (Lipinski definition) is 2. The monoisotopic (exact) mass is 307 g/mol. The van der Waals surface area contributed by atoms with Crippen molar-refractivity contribution in [3.05, 3.63) is 0 Å². The minimum Gasteiger partial charge on any atom is -0.350 e. The number of fused-ring (bicyclic) bond motifs is 2. The van der Waals surface area contributed by atoms with Crippen LogP contribution in [-0.2, 0) is 9.59 Å². The van der Waals surface area contributed by atoms with E-state index in [0.29, 0.717) is 12.2 Å². The van der Waals surface area contributed by atoms with E-state index < -0.39 is 5.41 Å². The molecule has 1 saturated heterocycles. The first kappa shape index (κ1) is 16.0. The third kappa shape index (κ3) is 2.06. The number of nitrogens with one attached hydrogen (secondary N) is 2. The number of amides is 1. The minimum atomic E-state index is -0.462. The zero-order chi connectivity index (χ0) is 16.0. The van der Waals surface area contributed by atoms with Crippen LogP contribution in [0.15, 0.2) is 0 Å². The first-order valence-electron chi connectivity index (χ1n) is 8.99. The molecular weight excluding hydrogens is 276 g/mol. The second kappa shape index (κ2) is 5.33. The molecule has 1 amide bonds. The highest BCUT2D eigenvalue weighted by Crippen LogP contribution is 2.70. The molecule has 2 saturated carbocycles. The Bertz CT molecular complexity index is 481. The zero-order valence-electron chi connectivity index (χ0n) is 14.4. The Hall–Kier alpha value is -0.900. The third-order valence-corrected chi connectivity index (χ3v) is 7.46. The number of quaternary nitrogens is 1. The van der Waals surface area contributed by atoms with Gasteiger partial charge in [-0.15, -0.1) is 0 Å². The molecule has 2 aliphatic carbocycles. The molecule has 3 rings (SSSR count). The summed E-state index contributed by atoms with van der Waals surface area (Å²) in [6.07, 6.45) is 6.15. The molecule has 0 aromatic rings. The van der Waals surface area contributed by atoms with Gasteiger partial charge in [-0.05, 0) is 37.5 Å². The number of hydrogen-bond donors (Lipinski definition) is 2. The predicted molar refractivity (Wildman–Crippen MR) is 85.6 cm³/mol. The predicted octanol–water partition coefficient (Wildman–Crippen LogP) is 0.957. The summed E-state index contributed by atoms with van der Waals surface area (Å²) in [6.45, 7) is 10.6. The summed E-state index contributed by atoms with van der Waals surface area (Å²) >= 11 is 0. The van der Waals surface area contributed by atoms with Crippen molar-refractivity contribution in [1.29, 1.82) is 0 Å². The summed E-state index contributed by atoms with van der Waals surface area (Å²) in [5.41, 5.74) is -0.988. The third-order valence-electron chi connectivity index (χ3n) is 7.46. The van der Waals surface area contributed by atoms with Crippen LogP contribution in [-0.4, -0.2) is 37.9 Å². The Labute approximate surface area is 134 Å². The topological polar surface area (TPSA) is 50.6 Å². The SMILES string of the molecule is CC1(C)[C@@]2(C(=O)NCC[NH+]3CCCCC3)CC[C@]1(C)C(=O)C2. The standard InChI is InChI=1S/C18H30N2O2/c1-16(2)17(3)7-8-18(16,13-14(17)21)15(22)19-9-12-20-10-5-4-6-11-20/h4-13H2,1-3H3,(H,19,22)/p+1/t17-,18+/m1/s1. The fourth-order valence-electron chi connectivity index (χ4n) is 5.18. The van der Waals surface area contributed by atoms with Gasteiger partial charge in [-0.3, -0.25) is 9.59 Å². The summed E-state index contributed by atoms with van der Waals surface area (Å²) in [6, 6.07) is 0. The van der Waals surface area contributed by atoms with Gasteiger partial charge in [-0.2, -0.15) is 0 Å². The average Bonchev–Trinajstić information content (AvgIpc) is 2.78. The van der Waals surface area contributed by atoms with Crippen molar-refractivity contribution in [1.82, 2.24) is 5.32 Å². The van der Waals surface area contributed by atoms with Crippen molar-refractivity contribution in [3.8, 4) is 0 Å². The van der Waals surface area contributed by atoms with Crippen molar-refractivity contribution in [3.63, 3.8) is 0 Å². The van der Waals surface area contributed by atoms with E-state index in [-0.39, 0.29) is 16.7 Å². The van der Waals surface area contributed by atoms with Gasteiger partial charge in [0.15, 0.2) is 0 Å². The molecule has 1 aliphatic heterocycles. The zero-order valence-corrected chi connectivity index (χ0v) is 14.4. The number of ketones is 1. The molecule has 0 aromatic heterocycles. The molecule has 1 heterocycles. The fraction of sp³-hybridized carbons (Fsp3) is 0.889. The minimum absolute atomic E-state index is 0.128. The summed E-state index contributed by atoms with van der Waals surface area (Å²) in [5.74, 6) is 0.420. The van der Waals surface area contributed by atoms with Crippen LogP contribution in [0.3, 0.4) is 0 Å². The van der Waals surface area contributed by atoms with Gasteiger partial charge in [0.2, 0.25) is 5.91 Å². The first-order valence-corrected chi connectivity index (χ1v) is 8.99. The molecule has 124 valence electrons. The van der Waals surface area contributed by atoms with Gasteiger partial charge in [0.05, 0.1) is 31.6 Å². The summed E-state index contributed by atoms with van der Waals surface area (Å²) in [4.78, 5) is 26.9. The maximum atomic E-state index is 12.9. The van der Waals surface area contributed by atoms with Crippen molar-refractivity contribution >= 4 is 11.7 Å². The quantitative estimate of drug-likeness (QED) is 0.813. The highest BCUT2D eigenvalue weighted by atomic mass is 16.2. The normalized spacial score (nSPS) is 37.5. The molecule has 3 fully saturated rings. The molecule has 2 N–H and O–H groups in total. The summed E-state index contributed by atoms with van der Waals surface area (Å²) < 4.78 is 0. The second-order valence-electron chi connectivity index (χ2n) is 8.46. The Morgan fingerprint density at radius 3 is 2.36 bits per heavy atom. The maximum Gasteiger partial charge on any atom is 0.227 e. The Kier molecular flexibility index (Phi) is 3.87. The highest BCUT2D eigenvalue weighted by Gasteiger charge is 2.72. The molecular formula is C18H31N2O2+. The lowest BCUT2D eigenvalue weighted by Gasteiger charge is -2.38. The van der Waals surface area contributed by atoms with Crippen molar-refractivity contribution in [2.24, 2.45) is 16.2 Å². The lowest BCUT2D eigenvalue weighted by atomic mass is 9.64. The highest BCUT2D eigenvalue weighted by molar-refractivity contribution is 5.99. The average molecular weight is 307 g/mol. The smallest absolute Gasteiger partial charge is 0.227 e. The lowest BCUT2D eigenvalue weighted by Crippen LogP contribution is -3.13. The Morgan fingerprint density at radius 2 is 1.82 bits per heavy atom. The molecule has 0 radical (unpaired) electrons. The molecule has 0 spiro atoms. The molecule has 4 heteroatoms. The van der Waals surface area contributed by atoms with E-state index in [1.807, 2.05) is 0 Å². The van der Waals surface area contributed by atoms with Crippen LogP contribution in [0.25, 0.3) is 0 Å². The van der Waals surface area contributed by atoms with E-state index in [9.17, 15) is 9.59 Å². The van der Waals surface area contributed by atoms with E-state index in [4.69, 9.17) is 0 Å². The Morgan fingerprint density at radius 1 is 1.14 bits per heavy atom. The summed E-state index contributed by atoms with van der Waals surface area (Å²) in [5, 5.41) is 3.17. The van der Waals surface area contributed by atoms with E-state index in [1.54, 1.807) is 4.90 Å². The molecule has 22 heavy (non-hydrogen) atoms. The van der Waals surface area contributed by atoms with Crippen molar-refractivity contribution in [2.45, 2.75) is 59.3 Å². The molecule has 0 unspecified atom stereocenters. The van der Waals surface area contributed by atoms with E-state index in [1.165, 1.54) is 32.4 Å². The molecule has 4 nitrogen and oxygen atoms in total. The van der Waals surface area contributed by atoms with Crippen LogP contribution in [0.5, 0.6) is 0 Å². The number of piperidine rings is 1. The largest absolute Gasteiger partial charge is 0.350 e. The number of carbonyl (C=O) groups excluding carboxylic acids is 2. The summed E-state index contributed by atoms with van der Waals surface area (Å²) in [7, 11) is 0. The van der Waals surface area contributed by atoms with E-state index in [2.05, 4.69) is 26.1 Å². The van der Waals surface area contributed by atoms with E-state index >= 15 is 0 Å². The van der Waals surface area contributed by atoms with Crippen LogP contribution in [0, 0.1) is 16.2 Å². The van der Waals surface area contributed by atoms with Gasteiger partial charge in [-0.1, -0.05) is 20.8 Å². The first-order chi connectivity index (χ1) is 10.3. The number of carbonyl (C=O) groups is 2. The lowest BCUT2D eigenvalue weighted by molar-refractivity contribution is -0.903. The molecule has 2 bridgehead atoms. The van der Waals surface area contributed by atoms with Crippen molar-refractivity contribution in [2.75, 3.05) is 26.2 Å². The molecule has 0 aromatic carbocycles. The van der Waals surface area contributed by atoms with Gasteiger partial charge < -0.3 is 10.2 Å². The van der Waals surface area contributed by atoms with Crippen molar-refractivity contribution < 1.29 is 14.5 Å². The van der Waals surface area contributed by atoms with Crippen LogP contribution in [0.4, 0.5) is 0 Å². The Balaban J connectivity index is 1.61. The number of Topliss-reactive ketones (excluding diaryl/α,β-unsaturated/α-hetero) is 1. The van der Waals surface area contributed by atoms with Crippen LogP contribution < -0.4 is 10.2 Å². The van der Waals surface area contributed by atoms with Gasteiger partial charge in [0.25, 0.3) is 0 Å². The molecule has 2 atom stereocenters. The van der Waals surface area contributed by atoms with Gasteiger partial charge in [0, 0.05) is 11.8 Å². The maximum absolute atomic E-state index is 12.9. The fourth-order valence-corrected chi connectivity index (χ4v) is 5.18. The van der Waals surface area contributed by atoms with Crippen LogP contribution in [0.1, 0.15) is 59.3 Å².